The van der Waals surface area contributed by atoms with E-state index < -0.39 is 5.60 Å². The predicted molar refractivity (Wildman–Crippen MR) is 87.7 cm³/mol. The summed E-state index contributed by atoms with van der Waals surface area (Å²) in [6, 6.07) is 2.27. The van der Waals surface area contributed by atoms with Crippen molar-refractivity contribution in [2.75, 3.05) is 13.1 Å². The summed E-state index contributed by atoms with van der Waals surface area (Å²) in [6.45, 7) is 13.0. The Kier molecular flexibility index (Phi) is 6.41. The van der Waals surface area contributed by atoms with Crippen LogP contribution >= 0.6 is 0 Å². The zero-order valence-electron chi connectivity index (χ0n) is 14.9. The Hall–Kier alpha value is -1.56. The van der Waals surface area contributed by atoms with Crippen LogP contribution in [0.2, 0.25) is 0 Å². The van der Waals surface area contributed by atoms with Gasteiger partial charge >= 0.3 is 6.09 Å². The lowest BCUT2D eigenvalue weighted by molar-refractivity contribution is 0.0192. The summed E-state index contributed by atoms with van der Waals surface area (Å²) >= 11 is 0. The van der Waals surface area contributed by atoms with E-state index in [9.17, 15) is 4.79 Å². The molecule has 0 aliphatic heterocycles. The SMILES string of the molecule is CC(NCCN(C(=O)OC(C)(C)C)C(C)C)c1ccnn1C. The van der Waals surface area contributed by atoms with Crippen molar-refractivity contribution in [3.8, 4) is 0 Å². The Morgan fingerprint density at radius 1 is 1.41 bits per heavy atom. The van der Waals surface area contributed by atoms with E-state index in [2.05, 4.69) is 17.3 Å². The number of amides is 1. The number of nitrogens with one attached hydrogen (secondary N) is 1. The lowest BCUT2D eigenvalue weighted by Crippen LogP contribution is -2.44. The third-order valence-electron chi connectivity index (χ3n) is 3.36. The molecule has 1 aromatic rings. The van der Waals surface area contributed by atoms with Gasteiger partial charge in [-0.05, 0) is 47.6 Å². The zero-order chi connectivity index (χ0) is 16.9. The molecular formula is C16H30N4O2. The molecule has 1 atom stereocenters. The number of ether oxygens (including phenoxy) is 1. The summed E-state index contributed by atoms with van der Waals surface area (Å²) in [5, 5.41) is 7.59. The molecule has 0 aliphatic rings. The van der Waals surface area contributed by atoms with Gasteiger partial charge in [-0.25, -0.2) is 4.79 Å². The fraction of sp³-hybridized carbons (Fsp3) is 0.750. The molecule has 0 saturated carbocycles. The van der Waals surface area contributed by atoms with Crippen molar-refractivity contribution in [3.63, 3.8) is 0 Å². The van der Waals surface area contributed by atoms with Crippen molar-refractivity contribution in [3.05, 3.63) is 18.0 Å². The predicted octanol–water partition coefficient (Wildman–Crippen LogP) is 2.72. The van der Waals surface area contributed by atoms with Crippen LogP contribution < -0.4 is 5.32 Å². The lowest BCUT2D eigenvalue weighted by Gasteiger charge is -2.30. The van der Waals surface area contributed by atoms with E-state index in [-0.39, 0.29) is 18.2 Å². The molecule has 126 valence electrons. The minimum absolute atomic E-state index is 0.101. The van der Waals surface area contributed by atoms with Gasteiger partial charge in [0.05, 0.1) is 5.69 Å². The molecule has 0 aromatic carbocycles. The highest BCUT2D eigenvalue weighted by Crippen LogP contribution is 2.13. The van der Waals surface area contributed by atoms with E-state index in [4.69, 9.17) is 4.74 Å². The summed E-state index contributed by atoms with van der Waals surface area (Å²) in [7, 11) is 1.93. The summed E-state index contributed by atoms with van der Waals surface area (Å²) in [4.78, 5) is 14.0. The number of nitrogens with zero attached hydrogens (tertiary/aromatic N) is 3. The maximum absolute atomic E-state index is 12.2. The standard InChI is InChI=1S/C16H30N4O2/c1-12(2)20(15(21)22-16(4,5)6)11-10-17-13(3)14-8-9-18-19(14)7/h8-9,12-13,17H,10-11H2,1-7H3. The number of carbonyl (C=O) groups is 1. The van der Waals surface area contributed by atoms with Gasteiger partial charge in [0.2, 0.25) is 0 Å². The molecule has 0 bridgehead atoms. The van der Waals surface area contributed by atoms with Gasteiger partial charge in [-0.2, -0.15) is 5.10 Å². The number of hydrogen-bond acceptors (Lipinski definition) is 4. The van der Waals surface area contributed by atoms with Crippen molar-refractivity contribution in [2.45, 2.75) is 59.2 Å². The Morgan fingerprint density at radius 3 is 2.50 bits per heavy atom. The molecule has 0 aliphatic carbocycles. The molecule has 1 rings (SSSR count). The quantitative estimate of drug-likeness (QED) is 0.877. The van der Waals surface area contributed by atoms with Gasteiger partial charge in [0, 0.05) is 38.4 Å². The first-order chi connectivity index (χ1) is 10.1. The van der Waals surface area contributed by atoms with Crippen molar-refractivity contribution in [1.29, 1.82) is 0 Å². The molecule has 0 spiro atoms. The molecule has 0 saturated heterocycles. The van der Waals surface area contributed by atoms with Crippen LogP contribution in [0.25, 0.3) is 0 Å². The third kappa shape index (κ3) is 5.67. The molecule has 0 radical (unpaired) electrons. The van der Waals surface area contributed by atoms with Gasteiger partial charge in [0.15, 0.2) is 0 Å². The van der Waals surface area contributed by atoms with Gasteiger partial charge in [-0.3, -0.25) is 4.68 Å². The van der Waals surface area contributed by atoms with Crippen LogP contribution in [-0.4, -0.2) is 45.5 Å². The Bertz CT molecular complexity index is 477. The fourth-order valence-corrected chi connectivity index (χ4v) is 2.20. The van der Waals surface area contributed by atoms with E-state index in [1.54, 1.807) is 11.1 Å². The minimum atomic E-state index is -0.473. The number of aromatic nitrogens is 2. The van der Waals surface area contributed by atoms with Crippen molar-refractivity contribution in [1.82, 2.24) is 20.0 Å². The van der Waals surface area contributed by atoms with Crippen LogP contribution in [0.1, 0.15) is 53.3 Å². The van der Waals surface area contributed by atoms with E-state index in [1.165, 1.54) is 0 Å². The molecule has 6 nitrogen and oxygen atoms in total. The molecule has 6 heteroatoms. The maximum atomic E-state index is 12.2. The van der Waals surface area contributed by atoms with Crippen LogP contribution in [0, 0.1) is 0 Å². The summed E-state index contributed by atoms with van der Waals surface area (Å²) in [6.07, 6.45) is 1.52. The number of aryl methyl sites for hydroxylation is 1. The summed E-state index contributed by atoms with van der Waals surface area (Å²) in [5.74, 6) is 0. The maximum Gasteiger partial charge on any atom is 0.410 e. The molecule has 1 aromatic heterocycles. The van der Waals surface area contributed by atoms with E-state index in [1.807, 2.05) is 52.4 Å². The van der Waals surface area contributed by atoms with Crippen LogP contribution in [0.5, 0.6) is 0 Å². The second-order valence-corrected chi connectivity index (χ2v) is 6.82. The van der Waals surface area contributed by atoms with Crippen LogP contribution in [0.3, 0.4) is 0 Å². The second kappa shape index (κ2) is 7.63. The zero-order valence-corrected chi connectivity index (χ0v) is 14.9. The minimum Gasteiger partial charge on any atom is -0.444 e. The first-order valence-electron chi connectivity index (χ1n) is 7.82. The highest BCUT2D eigenvalue weighted by atomic mass is 16.6. The van der Waals surface area contributed by atoms with E-state index >= 15 is 0 Å². The highest BCUT2D eigenvalue weighted by Gasteiger charge is 2.24. The van der Waals surface area contributed by atoms with Gasteiger partial charge in [-0.1, -0.05) is 0 Å². The summed E-state index contributed by atoms with van der Waals surface area (Å²) in [5.41, 5.74) is 0.646. The molecule has 22 heavy (non-hydrogen) atoms. The van der Waals surface area contributed by atoms with Gasteiger partial charge in [-0.15, -0.1) is 0 Å². The molecule has 1 heterocycles. The molecule has 1 unspecified atom stereocenters. The van der Waals surface area contributed by atoms with Gasteiger partial charge in [0.1, 0.15) is 5.60 Å². The first kappa shape index (κ1) is 18.5. The summed E-state index contributed by atoms with van der Waals surface area (Å²) < 4.78 is 7.31. The average Bonchev–Trinajstić information content (AvgIpc) is 2.77. The number of rotatable bonds is 6. The number of carbonyl (C=O) groups excluding carboxylic acids is 1. The fourth-order valence-electron chi connectivity index (χ4n) is 2.20. The van der Waals surface area contributed by atoms with Crippen molar-refractivity contribution < 1.29 is 9.53 Å². The highest BCUT2D eigenvalue weighted by molar-refractivity contribution is 5.68. The Balaban J connectivity index is 2.51. The van der Waals surface area contributed by atoms with Crippen LogP contribution in [-0.2, 0) is 11.8 Å². The normalized spacial score (nSPS) is 13.3. The average molecular weight is 310 g/mol. The first-order valence-corrected chi connectivity index (χ1v) is 7.82. The van der Waals surface area contributed by atoms with Crippen molar-refractivity contribution >= 4 is 6.09 Å². The smallest absolute Gasteiger partial charge is 0.410 e. The largest absolute Gasteiger partial charge is 0.444 e. The van der Waals surface area contributed by atoms with Crippen LogP contribution in [0.15, 0.2) is 12.3 Å². The van der Waals surface area contributed by atoms with Crippen molar-refractivity contribution in [2.24, 2.45) is 7.05 Å². The third-order valence-corrected chi connectivity index (χ3v) is 3.36. The topological polar surface area (TPSA) is 59.4 Å². The van der Waals surface area contributed by atoms with E-state index in [0.717, 1.165) is 5.69 Å². The van der Waals surface area contributed by atoms with Gasteiger partial charge < -0.3 is 15.0 Å². The molecular weight excluding hydrogens is 280 g/mol. The van der Waals surface area contributed by atoms with Crippen LogP contribution in [0.4, 0.5) is 4.79 Å². The molecule has 0 fully saturated rings. The number of hydrogen-bond donors (Lipinski definition) is 1. The van der Waals surface area contributed by atoms with E-state index in [0.29, 0.717) is 13.1 Å². The lowest BCUT2D eigenvalue weighted by atomic mass is 10.2. The Labute approximate surface area is 133 Å². The van der Waals surface area contributed by atoms with Gasteiger partial charge in [0.25, 0.3) is 0 Å². The monoisotopic (exact) mass is 310 g/mol. The molecule has 1 amide bonds. The second-order valence-electron chi connectivity index (χ2n) is 6.82. The molecule has 1 N–H and O–H groups in total. The Morgan fingerprint density at radius 2 is 2.05 bits per heavy atom.